The van der Waals surface area contributed by atoms with Gasteiger partial charge in [0.05, 0.1) is 16.0 Å². The molecule has 0 aliphatic carbocycles. The van der Waals surface area contributed by atoms with Crippen molar-refractivity contribution < 1.29 is 85.7 Å². The number of nitrogens with two attached hydrogens (primary N) is 3. The van der Waals surface area contributed by atoms with E-state index in [0.29, 0.717) is 11.2 Å². The molecular formula is C27H30Cl9FeN18NaO12. The number of nitro groups is 2. The van der Waals surface area contributed by atoms with Crippen molar-refractivity contribution in [2.45, 2.75) is 52.6 Å². The smallest absolute Gasteiger partial charge is 0.455 e. The molecule has 1 aliphatic rings. The maximum atomic E-state index is 11.0. The van der Waals surface area contributed by atoms with Crippen LogP contribution in [0.4, 0.5) is 28.7 Å². The van der Waals surface area contributed by atoms with Crippen LogP contribution >= 0.6 is 104 Å². The molecule has 1 aliphatic heterocycles. The number of aromatic nitrogens is 11. The fourth-order valence-corrected chi connectivity index (χ4v) is 6.20. The number of hydrogen-bond acceptors (Lipinski definition) is 26. The quantitative estimate of drug-likeness (QED) is 0.0320. The minimum Gasteiger partial charge on any atom is -0.455 e. The summed E-state index contributed by atoms with van der Waals surface area (Å²) in [5.74, 6) is -1.05. The summed E-state index contributed by atoms with van der Waals surface area (Å²) in [7, 11) is 0. The first kappa shape index (κ1) is 70.8. The Morgan fingerprint density at radius 3 is 1.53 bits per heavy atom. The molecule has 0 amide bonds. The fraction of sp³-hybridized carbons (Fsp3) is 0.333. The standard InChI is InChI=1S/C11H18O5.C4Cl3N3O2.C4HCl2N5.C4H2Cl2N4O2.C4H4Cl2N4.Fe.HNO2.H3N.Na.H2O/c1-5-9-6(2)10(14-7(3)12)11(16-9)15-8(4)13;5-2-1(10(11)12)3(6)9-4(7)8-2;5-2-1-3(10-11-9-1)8-4(6)7-2;5-2-1(10(11)12)3(7)9-4(6)8-2;5-2-1(7)3(8)10-4(6)9-2;;2-1-3;;;/h6,9-11H,5H2,1-4H3;;(H,7,8,9,10,11);(H2,7,8,9);7H2,(H2,8,9,10);;(H,2,3);1H3;;1H2/q;;;;;;;;+1;/p-1/t6-,9-,10?,11-;;;;;;;;;/m1........./s1. The molecule has 5 aromatic rings. The molecule has 4 atom stereocenters. The number of esters is 2. The third-order valence-corrected chi connectivity index (χ3v) is 8.68. The van der Waals surface area contributed by atoms with Gasteiger partial charge in [-0.05, 0) is 52.8 Å². The zero-order valence-electron chi connectivity index (χ0n) is 34.5. The minimum absolute atomic E-state index is 0. The molecular weight excluding hydrogens is 1170 g/mol. The Morgan fingerprint density at radius 2 is 1.12 bits per heavy atom. The average molecular weight is 1200 g/mol. The maximum absolute atomic E-state index is 11.0. The number of carbonyl (C=O) groups excluding carboxylic acids is 2. The third-order valence-electron chi connectivity index (χ3n) is 6.66. The average Bonchev–Trinajstić information content (AvgIpc) is 3.74. The first-order valence-electron chi connectivity index (χ1n) is 16.0. The number of carbonyl (C=O) groups is 2. The summed E-state index contributed by atoms with van der Waals surface area (Å²) in [6.07, 6.45) is -0.544. The Labute approximate surface area is 457 Å². The number of nitrogen functional groups attached to an aromatic ring is 3. The van der Waals surface area contributed by atoms with Crippen LogP contribution in [0.1, 0.15) is 34.1 Å². The van der Waals surface area contributed by atoms with E-state index in [1.807, 2.05) is 13.8 Å². The second kappa shape index (κ2) is 34.5. The predicted molar refractivity (Wildman–Crippen MR) is 240 cm³/mol. The Morgan fingerprint density at radius 1 is 0.721 bits per heavy atom. The SMILES string of the molecule is CC[C@H]1O[C@@H](OC(C)=O)C(OC(C)=O)[C@@H]1C.Clc1nc(Cl)c2n[nH]nc2n1.N.Nc1nc(Cl)nc(Cl)c1N.Nc1nc(Cl)nc(Cl)c1[N+](=O)[O-].O.O=N[O-].O=[N+]([O-])c1c(Cl)nc(Cl)nc1Cl.[Fe].[Na+]. The second-order valence-electron chi connectivity index (χ2n) is 10.9. The van der Waals surface area contributed by atoms with E-state index in [4.69, 9.17) is 146 Å². The van der Waals surface area contributed by atoms with Crippen molar-refractivity contribution in [3.05, 3.63) is 77.2 Å². The van der Waals surface area contributed by atoms with Crippen LogP contribution in [0.2, 0.25) is 46.9 Å². The van der Waals surface area contributed by atoms with E-state index in [1.165, 1.54) is 13.8 Å². The topological polar surface area (TPSA) is 490 Å². The normalized spacial score (nSPS) is 14.7. The van der Waals surface area contributed by atoms with Gasteiger partial charge in [0, 0.05) is 36.8 Å². The Kier molecular flexibility index (Phi) is 36.0. The van der Waals surface area contributed by atoms with Crippen LogP contribution < -0.4 is 52.9 Å². The third kappa shape index (κ3) is 23.3. The van der Waals surface area contributed by atoms with Crippen LogP contribution in [0.15, 0.2) is 5.34 Å². The van der Waals surface area contributed by atoms with Gasteiger partial charge in [-0.2, -0.15) is 40.2 Å². The predicted octanol–water partition coefficient (Wildman–Crippen LogP) is 3.46. The molecule has 41 heteroatoms. The molecule has 12 N–H and O–H groups in total. The number of aromatic amines is 1. The second-order valence-corrected chi connectivity index (χ2v) is 14.0. The molecule has 6 rings (SSSR count). The number of anilines is 3. The van der Waals surface area contributed by atoms with Gasteiger partial charge in [-0.1, -0.05) is 71.9 Å². The van der Waals surface area contributed by atoms with Gasteiger partial charge in [0.1, 0.15) is 5.69 Å². The van der Waals surface area contributed by atoms with Gasteiger partial charge < -0.3 is 53.2 Å². The zero-order chi connectivity index (χ0) is 49.2. The van der Waals surface area contributed by atoms with Crippen LogP contribution in [-0.4, -0.2) is 101 Å². The number of hydrogen-bond donors (Lipinski definition) is 5. The first-order chi connectivity index (χ1) is 29.8. The summed E-state index contributed by atoms with van der Waals surface area (Å²) in [4.78, 5) is 76.8. The van der Waals surface area contributed by atoms with Crippen molar-refractivity contribution in [2.24, 2.45) is 11.3 Å². The monoisotopic (exact) mass is 1190 g/mol. The molecule has 5 aromatic heterocycles. The van der Waals surface area contributed by atoms with Gasteiger partial charge in [0.15, 0.2) is 27.7 Å². The van der Waals surface area contributed by atoms with Crippen LogP contribution in [0.5, 0.6) is 0 Å². The van der Waals surface area contributed by atoms with Crippen molar-refractivity contribution in [3.63, 3.8) is 0 Å². The molecule has 0 aromatic carbocycles. The van der Waals surface area contributed by atoms with Crippen LogP contribution in [0, 0.1) is 36.3 Å². The van der Waals surface area contributed by atoms with Gasteiger partial charge in [-0.15, -0.1) is 10.4 Å². The summed E-state index contributed by atoms with van der Waals surface area (Å²) in [5, 5.41) is 38.1. The summed E-state index contributed by atoms with van der Waals surface area (Å²) in [6, 6.07) is 0. The Bertz CT molecular complexity index is 2330. The van der Waals surface area contributed by atoms with Gasteiger partial charge in [-0.3, -0.25) is 29.8 Å². The summed E-state index contributed by atoms with van der Waals surface area (Å²) < 4.78 is 15.6. The minimum atomic E-state index is -0.777. The summed E-state index contributed by atoms with van der Waals surface area (Å²) >= 11 is 48.7. The molecule has 372 valence electrons. The van der Waals surface area contributed by atoms with Crippen molar-refractivity contribution in [3.8, 4) is 0 Å². The van der Waals surface area contributed by atoms with Gasteiger partial charge >= 0.3 is 52.9 Å². The number of nitrogens with one attached hydrogen (secondary N) is 1. The van der Waals surface area contributed by atoms with E-state index in [9.17, 15) is 29.8 Å². The molecule has 0 bridgehead atoms. The molecule has 1 unspecified atom stereocenters. The van der Waals surface area contributed by atoms with E-state index in [-0.39, 0.29) is 134 Å². The van der Waals surface area contributed by atoms with E-state index >= 15 is 0 Å². The van der Waals surface area contributed by atoms with E-state index < -0.39 is 45.6 Å². The number of H-pyrrole nitrogens is 1. The van der Waals surface area contributed by atoms with Crippen LogP contribution in [-0.2, 0) is 40.9 Å². The van der Waals surface area contributed by atoms with Gasteiger partial charge in [0.25, 0.3) is 0 Å². The fourth-order valence-electron chi connectivity index (χ4n) is 4.15. The van der Waals surface area contributed by atoms with Crippen LogP contribution in [0.25, 0.3) is 11.2 Å². The first-order valence-corrected chi connectivity index (χ1v) is 19.4. The zero-order valence-corrected chi connectivity index (χ0v) is 44.4. The maximum Gasteiger partial charge on any atom is 1.00 e. The molecule has 68 heavy (non-hydrogen) atoms. The van der Waals surface area contributed by atoms with E-state index in [0.717, 1.165) is 11.8 Å². The van der Waals surface area contributed by atoms with Crippen molar-refractivity contribution in [1.29, 1.82) is 0 Å². The molecule has 1 fully saturated rings. The van der Waals surface area contributed by atoms with Crippen LogP contribution in [0.3, 0.4) is 0 Å². The molecule has 0 spiro atoms. The number of halogens is 9. The molecule has 0 radical (unpaired) electrons. The summed E-state index contributed by atoms with van der Waals surface area (Å²) in [6.45, 7) is 6.53. The Hall–Kier alpha value is -3.73. The Balaban J connectivity index is -0.000000368. The van der Waals surface area contributed by atoms with Crippen molar-refractivity contribution >= 4 is 156 Å². The molecule has 0 saturated carbocycles. The van der Waals surface area contributed by atoms with Gasteiger partial charge in [0.2, 0.25) is 54.3 Å². The summed E-state index contributed by atoms with van der Waals surface area (Å²) in [5.41, 5.74) is 15.6. The molecule has 30 nitrogen and oxygen atoms in total. The van der Waals surface area contributed by atoms with Crippen molar-refractivity contribution in [2.75, 3.05) is 17.2 Å². The molecule has 6 heterocycles. The van der Waals surface area contributed by atoms with E-state index in [2.05, 4.69) is 55.3 Å². The largest absolute Gasteiger partial charge is 1.00 e. The van der Waals surface area contributed by atoms with E-state index in [1.54, 1.807) is 0 Å². The molecule has 1 saturated heterocycles. The van der Waals surface area contributed by atoms with Gasteiger partial charge in [-0.25, -0.2) is 9.97 Å². The number of nitrogens with zero attached hydrogens (tertiary/aromatic N) is 13. The number of ether oxygens (including phenoxy) is 3. The number of rotatable bonds is 5. The van der Waals surface area contributed by atoms with Crippen molar-refractivity contribution in [1.82, 2.24) is 61.4 Å². The number of fused-ring (bicyclic) bond motifs is 1.